The summed E-state index contributed by atoms with van der Waals surface area (Å²) in [6, 6.07) is 12.1. The first-order chi connectivity index (χ1) is 18.0. The third kappa shape index (κ3) is 9.19. The zero-order valence-corrected chi connectivity index (χ0v) is 23.7. The van der Waals surface area contributed by atoms with Crippen LogP contribution in [0.3, 0.4) is 0 Å². The predicted octanol–water partition coefficient (Wildman–Crippen LogP) is 3.80. The van der Waals surface area contributed by atoms with Crippen LogP contribution < -0.4 is 20.5 Å². The van der Waals surface area contributed by atoms with E-state index in [9.17, 15) is 15.0 Å². The van der Waals surface area contributed by atoms with Gasteiger partial charge in [-0.05, 0) is 73.9 Å². The van der Waals surface area contributed by atoms with Crippen molar-refractivity contribution in [1.82, 2.24) is 5.32 Å². The number of hydrogen-bond donors (Lipinski definition) is 4. The fraction of sp³-hybridized carbons (Fsp3) is 0.567. The highest BCUT2D eigenvalue weighted by Gasteiger charge is 2.31. The smallest absolute Gasteiger partial charge is 0.230 e. The monoisotopic (exact) mass is 530 g/mol. The van der Waals surface area contributed by atoms with Gasteiger partial charge in [0.1, 0.15) is 5.75 Å². The minimum Gasteiger partial charge on any atom is -0.508 e. The fourth-order valence-electron chi connectivity index (χ4n) is 4.34. The Morgan fingerprint density at radius 2 is 1.82 bits per heavy atom. The van der Waals surface area contributed by atoms with E-state index >= 15 is 0 Å². The molecule has 0 aliphatic carbocycles. The van der Waals surface area contributed by atoms with Crippen molar-refractivity contribution in [3.05, 3.63) is 53.6 Å². The van der Waals surface area contributed by atoms with Gasteiger partial charge in [0, 0.05) is 32.7 Å². The van der Waals surface area contributed by atoms with Crippen LogP contribution in [-0.2, 0) is 21.4 Å². The van der Waals surface area contributed by atoms with Crippen LogP contribution in [0.15, 0.2) is 42.5 Å². The number of ether oxygens (including phenoxy) is 3. The van der Waals surface area contributed by atoms with Gasteiger partial charge >= 0.3 is 0 Å². The van der Waals surface area contributed by atoms with Crippen molar-refractivity contribution in [1.29, 1.82) is 0 Å². The number of aromatic hydroxyl groups is 1. The van der Waals surface area contributed by atoms with Crippen LogP contribution in [0.5, 0.6) is 17.2 Å². The molecule has 8 nitrogen and oxygen atoms in total. The lowest BCUT2D eigenvalue weighted by Gasteiger charge is -2.29. The predicted molar refractivity (Wildman–Crippen MR) is 150 cm³/mol. The average Bonchev–Trinajstić information content (AvgIpc) is 2.89. The summed E-state index contributed by atoms with van der Waals surface area (Å²) < 4.78 is 16.5. The van der Waals surface area contributed by atoms with E-state index < -0.39 is 17.6 Å². The lowest BCUT2D eigenvalue weighted by atomic mass is 9.82. The molecule has 2 aromatic carbocycles. The first-order valence-electron chi connectivity index (χ1n) is 13.3. The summed E-state index contributed by atoms with van der Waals surface area (Å²) in [6.45, 7) is 9.07. The summed E-state index contributed by atoms with van der Waals surface area (Å²) in [6.07, 6.45) is 1.26. The zero-order chi connectivity index (χ0) is 28.3. The topological polar surface area (TPSA) is 123 Å². The number of carbonyl (C=O) groups is 1. The Morgan fingerprint density at radius 1 is 1.08 bits per heavy atom. The minimum absolute atomic E-state index is 0.0507. The maximum absolute atomic E-state index is 12.9. The molecule has 0 aliphatic heterocycles. The van der Waals surface area contributed by atoms with E-state index in [1.807, 2.05) is 18.2 Å². The molecule has 8 heteroatoms. The van der Waals surface area contributed by atoms with Crippen LogP contribution in [0.25, 0.3) is 0 Å². The molecule has 3 atom stereocenters. The first kappa shape index (κ1) is 31.4. The van der Waals surface area contributed by atoms with E-state index in [-0.39, 0.29) is 24.1 Å². The molecular weight excluding hydrogens is 484 g/mol. The lowest BCUT2D eigenvalue weighted by Crippen LogP contribution is -2.48. The number of amides is 1. The molecule has 2 rings (SSSR count). The van der Waals surface area contributed by atoms with Gasteiger partial charge in [-0.15, -0.1) is 0 Å². The van der Waals surface area contributed by atoms with E-state index in [1.54, 1.807) is 52.3 Å². The van der Waals surface area contributed by atoms with Gasteiger partial charge in [-0.2, -0.15) is 0 Å². The maximum Gasteiger partial charge on any atom is 0.230 e. The van der Waals surface area contributed by atoms with Gasteiger partial charge < -0.3 is 35.5 Å². The number of aliphatic hydroxyl groups is 1. The second-order valence-electron chi connectivity index (χ2n) is 10.7. The molecule has 5 N–H and O–H groups in total. The first-order valence-corrected chi connectivity index (χ1v) is 13.3. The number of phenols is 1. The van der Waals surface area contributed by atoms with Crippen LogP contribution >= 0.6 is 0 Å². The summed E-state index contributed by atoms with van der Waals surface area (Å²) in [5.74, 6) is 1.79. The Bertz CT molecular complexity index is 1010. The maximum atomic E-state index is 12.9. The molecule has 212 valence electrons. The van der Waals surface area contributed by atoms with E-state index in [0.717, 1.165) is 18.4 Å². The number of rotatable bonds is 16. The molecule has 0 heterocycles. The van der Waals surface area contributed by atoms with Gasteiger partial charge in [-0.25, -0.2) is 0 Å². The SMILES string of the molecule is COCCCOc1cc(C[C@@H](C[C@H](N)[C@@H](O)CNC(=O)C(C)(C)c2cccc(O)c2)C(C)C)ccc1OC. The van der Waals surface area contributed by atoms with Crippen molar-refractivity contribution in [2.45, 2.75) is 64.5 Å². The molecular formula is C30H46N2O6. The van der Waals surface area contributed by atoms with Crippen molar-refractivity contribution in [3.8, 4) is 17.2 Å². The van der Waals surface area contributed by atoms with Gasteiger partial charge in [-0.1, -0.05) is 32.0 Å². The van der Waals surface area contributed by atoms with Gasteiger partial charge in [-0.3, -0.25) is 4.79 Å². The van der Waals surface area contributed by atoms with E-state index in [4.69, 9.17) is 19.9 Å². The Hall–Kier alpha value is -2.81. The van der Waals surface area contributed by atoms with Crippen molar-refractivity contribution in [2.24, 2.45) is 17.6 Å². The zero-order valence-electron chi connectivity index (χ0n) is 23.7. The fourth-order valence-corrected chi connectivity index (χ4v) is 4.34. The van der Waals surface area contributed by atoms with Crippen LogP contribution in [-0.4, -0.2) is 62.2 Å². The summed E-state index contributed by atoms with van der Waals surface area (Å²) in [5.41, 5.74) is 7.34. The molecule has 0 aromatic heterocycles. The summed E-state index contributed by atoms with van der Waals surface area (Å²) in [7, 11) is 3.29. The Balaban J connectivity index is 1.98. The van der Waals surface area contributed by atoms with Gasteiger partial charge in [0.2, 0.25) is 5.91 Å². The molecule has 38 heavy (non-hydrogen) atoms. The van der Waals surface area contributed by atoms with Crippen molar-refractivity contribution >= 4 is 5.91 Å². The van der Waals surface area contributed by atoms with Crippen LogP contribution in [0, 0.1) is 11.8 Å². The molecule has 0 radical (unpaired) electrons. The number of aliphatic hydroxyl groups excluding tert-OH is 1. The number of phenolic OH excluding ortho intramolecular Hbond substituents is 1. The molecule has 0 unspecified atom stereocenters. The molecule has 0 saturated heterocycles. The van der Waals surface area contributed by atoms with E-state index in [0.29, 0.717) is 42.6 Å². The number of methoxy groups -OCH3 is 2. The molecule has 0 spiro atoms. The van der Waals surface area contributed by atoms with Crippen molar-refractivity contribution in [2.75, 3.05) is 34.0 Å². The van der Waals surface area contributed by atoms with E-state index in [1.165, 1.54) is 0 Å². The van der Waals surface area contributed by atoms with Crippen molar-refractivity contribution in [3.63, 3.8) is 0 Å². The normalized spacial score (nSPS) is 14.1. The Kier molecular flexibility index (Phi) is 12.4. The quantitative estimate of drug-likeness (QED) is 0.243. The standard InChI is InChI=1S/C30H46N2O6/c1-20(2)22(15-21-11-12-27(37-6)28(16-21)38-14-8-13-36-5)17-25(31)26(34)19-32-29(35)30(3,4)23-9-7-10-24(33)18-23/h7,9-12,16,18,20,22,25-26,33-34H,8,13-15,17,19,31H2,1-6H3,(H,32,35)/t22-,25-,26-/m0/s1. The lowest BCUT2D eigenvalue weighted by molar-refractivity contribution is -0.126. The molecule has 0 bridgehead atoms. The number of nitrogens with one attached hydrogen (secondary N) is 1. The largest absolute Gasteiger partial charge is 0.508 e. The molecule has 0 fully saturated rings. The molecule has 2 aromatic rings. The van der Waals surface area contributed by atoms with Crippen LogP contribution in [0.2, 0.25) is 0 Å². The second-order valence-corrected chi connectivity index (χ2v) is 10.7. The second kappa shape index (κ2) is 15.0. The van der Waals surface area contributed by atoms with E-state index in [2.05, 4.69) is 19.2 Å². The highest BCUT2D eigenvalue weighted by Crippen LogP contribution is 2.31. The van der Waals surface area contributed by atoms with Gasteiger partial charge in [0.15, 0.2) is 11.5 Å². The summed E-state index contributed by atoms with van der Waals surface area (Å²) in [5, 5.41) is 23.4. The summed E-state index contributed by atoms with van der Waals surface area (Å²) in [4.78, 5) is 12.9. The summed E-state index contributed by atoms with van der Waals surface area (Å²) >= 11 is 0. The third-order valence-corrected chi connectivity index (χ3v) is 7.10. The van der Waals surface area contributed by atoms with Gasteiger partial charge in [0.05, 0.1) is 25.2 Å². The van der Waals surface area contributed by atoms with Crippen LogP contribution in [0.1, 0.15) is 51.7 Å². The number of carbonyl (C=O) groups excluding carboxylic acids is 1. The number of hydrogen-bond acceptors (Lipinski definition) is 7. The van der Waals surface area contributed by atoms with Gasteiger partial charge in [0.25, 0.3) is 0 Å². The third-order valence-electron chi connectivity index (χ3n) is 7.10. The minimum atomic E-state index is -0.893. The Morgan fingerprint density at radius 3 is 2.45 bits per heavy atom. The number of nitrogens with two attached hydrogens (primary N) is 1. The number of benzene rings is 2. The highest BCUT2D eigenvalue weighted by atomic mass is 16.5. The van der Waals surface area contributed by atoms with Crippen molar-refractivity contribution < 1.29 is 29.2 Å². The molecule has 0 aliphatic rings. The average molecular weight is 531 g/mol. The Labute approximate surface area is 227 Å². The highest BCUT2D eigenvalue weighted by molar-refractivity contribution is 5.87. The molecule has 1 amide bonds. The van der Waals surface area contributed by atoms with Crippen LogP contribution in [0.4, 0.5) is 0 Å². The molecule has 0 saturated carbocycles.